The summed E-state index contributed by atoms with van der Waals surface area (Å²) in [6, 6.07) is 0. The van der Waals surface area contributed by atoms with Crippen LogP contribution in [0.15, 0.2) is 0 Å². The molecule has 0 aliphatic heterocycles. The highest BCUT2D eigenvalue weighted by Gasteiger charge is 2.37. The first-order valence-electron chi connectivity index (χ1n) is 6.46. The molecule has 1 fully saturated rings. The third-order valence-corrected chi connectivity index (χ3v) is 4.31. The summed E-state index contributed by atoms with van der Waals surface area (Å²) in [5, 5.41) is 3.03. The Morgan fingerprint density at radius 2 is 2.00 bits per heavy atom. The molecule has 4 heteroatoms. The minimum atomic E-state index is -0.00878. The number of hydrogen-bond acceptors (Lipinski definition) is 3. The number of likely N-dealkylation sites (N-methyl/N-ethyl adjacent to an activating group) is 1. The quantitative estimate of drug-likeness (QED) is 0.728. The van der Waals surface area contributed by atoms with Crippen molar-refractivity contribution in [3.8, 4) is 0 Å². The van der Waals surface area contributed by atoms with Gasteiger partial charge in [0, 0.05) is 18.5 Å². The Bertz CT molecular complexity index is 264. The topological polar surface area (TPSA) is 58.4 Å². The maximum absolute atomic E-state index is 11.9. The smallest absolute Gasteiger partial charge is 0.220 e. The highest BCUT2D eigenvalue weighted by atomic mass is 16.1. The fraction of sp³-hybridized carbons (Fsp3) is 0.923. The maximum atomic E-state index is 11.9. The fourth-order valence-electron chi connectivity index (χ4n) is 2.01. The van der Waals surface area contributed by atoms with E-state index in [4.69, 9.17) is 5.73 Å². The Morgan fingerprint density at radius 3 is 2.35 bits per heavy atom. The SMILES string of the molecule is CN(C)C(C)(C)CNC(=O)CC1(CN)CCC1. The zero-order chi connectivity index (χ0) is 13.1. The predicted octanol–water partition coefficient (Wildman–Crippen LogP) is 0.962. The zero-order valence-electron chi connectivity index (χ0n) is 11.7. The normalized spacial score (nSPS) is 18.9. The number of hydrogen-bond donors (Lipinski definition) is 2. The van der Waals surface area contributed by atoms with E-state index in [1.807, 2.05) is 14.1 Å². The first-order valence-corrected chi connectivity index (χ1v) is 6.46. The molecule has 0 heterocycles. The molecule has 4 nitrogen and oxygen atoms in total. The van der Waals surface area contributed by atoms with Gasteiger partial charge in [0.15, 0.2) is 0 Å². The number of carbonyl (C=O) groups excluding carboxylic acids is 1. The van der Waals surface area contributed by atoms with Gasteiger partial charge >= 0.3 is 0 Å². The highest BCUT2D eigenvalue weighted by Crippen LogP contribution is 2.42. The van der Waals surface area contributed by atoms with Gasteiger partial charge in [-0.1, -0.05) is 6.42 Å². The van der Waals surface area contributed by atoms with E-state index in [-0.39, 0.29) is 16.9 Å². The minimum Gasteiger partial charge on any atom is -0.354 e. The predicted molar refractivity (Wildman–Crippen MR) is 70.7 cm³/mol. The van der Waals surface area contributed by atoms with E-state index in [0.717, 1.165) is 12.8 Å². The van der Waals surface area contributed by atoms with Crippen LogP contribution in [0.25, 0.3) is 0 Å². The Hall–Kier alpha value is -0.610. The molecular formula is C13H27N3O. The van der Waals surface area contributed by atoms with Gasteiger partial charge in [0.1, 0.15) is 0 Å². The van der Waals surface area contributed by atoms with Gasteiger partial charge in [0.05, 0.1) is 0 Å². The maximum Gasteiger partial charge on any atom is 0.220 e. The van der Waals surface area contributed by atoms with E-state index in [1.54, 1.807) is 0 Å². The Balaban J connectivity index is 2.35. The molecule has 0 spiro atoms. The van der Waals surface area contributed by atoms with E-state index in [1.165, 1.54) is 6.42 Å². The Labute approximate surface area is 105 Å². The van der Waals surface area contributed by atoms with E-state index < -0.39 is 0 Å². The van der Waals surface area contributed by atoms with Crippen molar-refractivity contribution in [2.75, 3.05) is 27.2 Å². The number of carbonyl (C=O) groups is 1. The largest absolute Gasteiger partial charge is 0.354 e. The lowest BCUT2D eigenvalue weighted by Gasteiger charge is -2.41. The Morgan fingerprint density at radius 1 is 1.41 bits per heavy atom. The molecule has 1 aliphatic rings. The van der Waals surface area contributed by atoms with Gasteiger partial charge in [0.25, 0.3) is 0 Å². The zero-order valence-corrected chi connectivity index (χ0v) is 11.7. The number of nitrogens with zero attached hydrogens (tertiary/aromatic N) is 1. The second kappa shape index (κ2) is 5.36. The molecule has 0 atom stereocenters. The molecule has 0 saturated heterocycles. The lowest BCUT2D eigenvalue weighted by atomic mass is 9.66. The lowest BCUT2D eigenvalue weighted by molar-refractivity contribution is -0.125. The molecule has 0 aromatic carbocycles. The summed E-state index contributed by atoms with van der Waals surface area (Å²) in [4.78, 5) is 14.0. The molecule has 17 heavy (non-hydrogen) atoms. The summed E-state index contributed by atoms with van der Waals surface area (Å²) < 4.78 is 0. The molecule has 1 saturated carbocycles. The minimum absolute atomic E-state index is 0.00878. The van der Waals surface area contributed by atoms with E-state index in [2.05, 4.69) is 24.1 Å². The van der Waals surface area contributed by atoms with Crippen LogP contribution >= 0.6 is 0 Å². The van der Waals surface area contributed by atoms with Gasteiger partial charge in [-0.25, -0.2) is 0 Å². The lowest BCUT2D eigenvalue weighted by Crippen LogP contribution is -2.49. The van der Waals surface area contributed by atoms with Crippen LogP contribution in [0, 0.1) is 5.41 Å². The van der Waals surface area contributed by atoms with Crippen LogP contribution in [0.2, 0.25) is 0 Å². The molecule has 100 valence electrons. The van der Waals surface area contributed by atoms with E-state index in [9.17, 15) is 4.79 Å². The molecule has 1 amide bonds. The van der Waals surface area contributed by atoms with Crippen molar-refractivity contribution in [1.29, 1.82) is 0 Å². The van der Waals surface area contributed by atoms with Crippen molar-refractivity contribution >= 4 is 5.91 Å². The average Bonchev–Trinajstić information content (AvgIpc) is 2.20. The van der Waals surface area contributed by atoms with E-state index >= 15 is 0 Å². The molecule has 3 N–H and O–H groups in total. The Kier molecular flexibility index (Phi) is 4.55. The van der Waals surface area contributed by atoms with Crippen molar-refractivity contribution < 1.29 is 4.79 Å². The monoisotopic (exact) mass is 241 g/mol. The summed E-state index contributed by atoms with van der Waals surface area (Å²) in [6.07, 6.45) is 4.02. The third kappa shape index (κ3) is 3.68. The van der Waals surface area contributed by atoms with Crippen LogP contribution in [-0.4, -0.2) is 43.5 Å². The number of rotatable bonds is 6. The van der Waals surface area contributed by atoms with Crippen molar-refractivity contribution in [2.24, 2.45) is 11.1 Å². The number of amides is 1. The summed E-state index contributed by atoms with van der Waals surface area (Å²) >= 11 is 0. The standard InChI is InChI=1S/C13H27N3O/c1-12(2,16(3)4)10-15-11(17)8-13(9-14)6-5-7-13/h5-10,14H2,1-4H3,(H,15,17). The van der Waals surface area contributed by atoms with Gasteiger partial charge in [-0.15, -0.1) is 0 Å². The third-order valence-electron chi connectivity index (χ3n) is 4.31. The van der Waals surface area contributed by atoms with Crippen LogP contribution in [0.4, 0.5) is 0 Å². The molecule has 0 unspecified atom stereocenters. The molecule has 1 aliphatic carbocycles. The summed E-state index contributed by atoms with van der Waals surface area (Å²) in [6.45, 7) is 5.56. The van der Waals surface area contributed by atoms with Gasteiger partial charge in [0.2, 0.25) is 5.91 Å². The second-order valence-electron chi connectivity index (χ2n) is 6.22. The van der Waals surface area contributed by atoms with Crippen LogP contribution in [-0.2, 0) is 4.79 Å². The van der Waals surface area contributed by atoms with Crippen LogP contribution < -0.4 is 11.1 Å². The first-order chi connectivity index (χ1) is 7.81. The van der Waals surface area contributed by atoms with Crippen molar-refractivity contribution in [1.82, 2.24) is 10.2 Å². The van der Waals surface area contributed by atoms with Crippen LogP contribution in [0.1, 0.15) is 39.5 Å². The molecule has 0 bridgehead atoms. The number of nitrogens with one attached hydrogen (secondary N) is 1. The summed E-state index contributed by atoms with van der Waals surface area (Å²) in [7, 11) is 4.05. The van der Waals surface area contributed by atoms with Crippen molar-refractivity contribution in [3.63, 3.8) is 0 Å². The van der Waals surface area contributed by atoms with Crippen molar-refractivity contribution in [2.45, 2.75) is 45.1 Å². The highest BCUT2D eigenvalue weighted by molar-refractivity contribution is 5.77. The van der Waals surface area contributed by atoms with Gasteiger partial charge < -0.3 is 16.0 Å². The molecule has 1 rings (SSSR count). The van der Waals surface area contributed by atoms with Gasteiger partial charge in [-0.3, -0.25) is 4.79 Å². The first kappa shape index (κ1) is 14.5. The fourth-order valence-corrected chi connectivity index (χ4v) is 2.01. The molecule has 0 aromatic rings. The molecular weight excluding hydrogens is 214 g/mol. The molecule has 0 aromatic heterocycles. The van der Waals surface area contributed by atoms with Gasteiger partial charge in [-0.2, -0.15) is 0 Å². The summed E-state index contributed by atoms with van der Waals surface area (Å²) in [5.74, 6) is 0.144. The average molecular weight is 241 g/mol. The van der Waals surface area contributed by atoms with E-state index in [0.29, 0.717) is 19.5 Å². The van der Waals surface area contributed by atoms with Crippen LogP contribution in [0.3, 0.4) is 0 Å². The number of nitrogens with two attached hydrogens (primary N) is 1. The van der Waals surface area contributed by atoms with Crippen molar-refractivity contribution in [3.05, 3.63) is 0 Å². The van der Waals surface area contributed by atoms with Crippen LogP contribution in [0.5, 0.6) is 0 Å². The van der Waals surface area contributed by atoms with Gasteiger partial charge in [-0.05, 0) is 52.7 Å². The summed E-state index contributed by atoms with van der Waals surface area (Å²) in [5.41, 5.74) is 5.85. The second-order valence-corrected chi connectivity index (χ2v) is 6.22. The molecule has 0 radical (unpaired) electrons.